The van der Waals surface area contributed by atoms with E-state index in [4.69, 9.17) is 9.15 Å². The lowest BCUT2D eigenvalue weighted by atomic mass is 9.93. The number of aliphatic carboxylic acids is 1. The van der Waals surface area contributed by atoms with Crippen LogP contribution in [-0.2, 0) is 21.7 Å². The molecule has 0 aliphatic carbocycles. The van der Waals surface area contributed by atoms with Gasteiger partial charge in [-0.05, 0) is 36.2 Å². The van der Waals surface area contributed by atoms with Gasteiger partial charge in [0.25, 0.3) is 5.56 Å². The van der Waals surface area contributed by atoms with Gasteiger partial charge in [-0.2, -0.15) is 0 Å². The molecule has 1 atom stereocenters. The van der Waals surface area contributed by atoms with Gasteiger partial charge in [0, 0.05) is 22.4 Å². The number of anilines is 1. The Hall–Kier alpha value is -4.50. The van der Waals surface area contributed by atoms with Crippen LogP contribution in [0.3, 0.4) is 0 Å². The molecule has 0 spiro atoms. The Morgan fingerprint density at radius 1 is 1.11 bits per heavy atom. The topological polar surface area (TPSA) is 107 Å². The maximum Gasteiger partial charge on any atom is 0.323 e. The molecular weight excluding hydrogens is 489 g/mol. The molecular formula is C29H24FN3O5. The largest absolute Gasteiger partial charge is 0.480 e. The zero-order chi connectivity index (χ0) is 26.4. The van der Waals surface area contributed by atoms with E-state index in [1.807, 2.05) is 49.4 Å². The quantitative estimate of drug-likeness (QED) is 0.306. The van der Waals surface area contributed by atoms with E-state index in [-0.39, 0.29) is 30.8 Å². The van der Waals surface area contributed by atoms with Crippen molar-refractivity contribution in [3.05, 3.63) is 94.4 Å². The molecule has 2 N–H and O–H groups in total. The van der Waals surface area contributed by atoms with E-state index in [1.165, 1.54) is 6.20 Å². The van der Waals surface area contributed by atoms with Crippen molar-refractivity contribution in [2.75, 3.05) is 18.5 Å². The van der Waals surface area contributed by atoms with Crippen LogP contribution in [-0.4, -0.2) is 33.8 Å². The molecule has 2 aromatic heterocycles. The van der Waals surface area contributed by atoms with Crippen LogP contribution in [0.5, 0.6) is 0 Å². The summed E-state index contributed by atoms with van der Waals surface area (Å²) in [4.78, 5) is 29.4. The summed E-state index contributed by atoms with van der Waals surface area (Å²) in [5.74, 6) is -0.991. The number of carbonyl (C=O) groups is 1. The second kappa shape index (κ2) is 9.11. The molecule has 9 heteroatoms. The third-order valence-electron chi connectivity index (χ3n) is 6.94. The van der Waals surface area contributed by atoms with E-state index in [1.54, 1.807) is 24.3 Å². The van der Waals surface area contributed by atoms with E-state index in [2.05, 4.69) is 10.3 Å². The fourth-order valence-electron chi connectivity index (χ4n) is 4.80. The molecule has 1 aliphatic heterocycles. The molecule has 0 saturated carbocycles. The van der Waals surface area contributed by atoms with E-state index >= 15 is 0 Å². The molecule has 1 fully saturated rings. The zero-order valence-corrected chi connectivity index (χ0v) is 20.5. The maximum atomic E-state index is 14.7. The number of aromatic nitrogens is 2. The third-order valence-corrected chi connectivity index (χ3v) is 6.94. The van der Waals surface area contributed by atoms with Gasteiger partial charge >= 0.3 is 5.97 Å². The molecule has 1 unspecified atom stereocenters. The molecule has 8 nitrogen and oxygen atoms in total. The van der Waals surface area contributed by atoms with Crippen LogP contribution in [0.25, 0.3) is 33.3 Å². The van der Waals surface area contributed by atoms with Crippen LogP contribution < -0.4 is 10.9 Å². The molecule has 38 heavy (non-hydrogen) atoms. The van der Waals surface area contributed by atoms with Gasteiger partial charge in [0.1, 0.15) is 29.2 Å². The van der Waals surface area contributed by atoms with Gasteiger partial charge in [-0.15, -0.1) is 0 Å². The second-order valence-electron chi connectivity index (χ2n) is 9.54. The summed E-state index contributed by atoms with van der Waals surface area (Å²) in [6, 6.07) is 19.8. The number of nitrogens with one attached hydrogen (secondary N) is 1. The Bertz CT molecular complexity index is 1740. The number of furan rings is 1. The molecule has 1 aliphatic rings. The minimum absolute atomic E-state index is 0.00335. The number of nitrogens with zero attached hydrogens (tertiary/aromatic N) is 2. The number of hydrogen-bond donors (Lipinski definition) is 2. The van der Waals surface area contributed by atoms with Gasteiger partial charge in [-0.3, -0.25) is 14.2 Å². The summed E-state index contributed by atoms with van der Waals surface area (Å²) in [5.41, 5.74) is 1.60. The summed E-state index contributed by atoms with van der Waals surface area (Å²) in [7, 11) is 0. The van der Waals surface area contributed by atoms with Crippen molar-refractivity contribution < 1.29 is 23.4 Å². The number of fused-ring (bicyclic) bond motifs is 3. The number of ether oxygens (including phenoxy) is 1. The first-order chi connectivity index (χ1) is 18.3. The number of hydrogen-bond acceptors (Lipinski definition) is 6. The molecule has 3 aromatic carbocycles. The van der Waals surface area contributed by atoms with Gasteiger partial charge in [0.2, 0.25) is 0 Å². The average molecular weight is 514 g/mol. The van der Waals surface area contributed by atoms with Crippen molar-refractivity contribution in [1.29, 1.82) is 0 Å². The maximum absolute atomic E-state index is 14.7. The van der Waals surface area contributed by atoms with Gasteiger partial charge in [0.05, 0.1) is 19.4 Å². The first kappa shape index (κ1) is 23.9. The van der Waals surface area contributed by atoms with Crippen LogP contribution >= 0.6 is 0 Å². The molecule has 5 aromatic rings. The number of alkyl halides is 1. The van der Waals surface area contributed by atoms with E-state index in [0.717, 1.165) is 32.1 Å². The summed E-state index contributed by atoms with van der Waals surface area (Å²) >= 11 is 0. The lowest BCUT2D eigenvalue weighted by Crippen LogP contribution is -2.42. The van der Waals surface area contributed by atoms with Crippen LogP contribution in [0.2, 0.25) is 0 Å². The molecule has 0 radical (unpaired) electrons. The molecule has 3 heterocycles. The minimum atomic E-state index is -1.53. The first-order valence-corrected chi connectivity index (χ1v) is 12.2. The van der Waals surface area contributed by atoms with Gasteiger partial charge in [0.15, 0.2) is 5.67 Å². The summed E-state index contributed by atoms with van der Waals surface area (Å²) in [5, 5.41) is 14.6. The fraction of sp³-hybridized carbons (Fsp3) is 0.207. The Morgan fingerprint density at radius 3 is 2.55 bits per heavy atom. The standard InChI is InChI=1S/C29H24FN3O5/c1-17(19-8-11-25-22(12-19)21-4-2-3-5-24(21)38-25)32-23-13-31-27(33(28(23)36)14-26(34)35)18-6-9-20(10-7-18)29(30)15-37-16-29/h2-13,17,32H,14-16H2,1H3,(H,34,35). The van der Waals surface area contributed by atoms with Crippen molar-refractivity contribution in [3.8, 4) is 11.4 Å². The summed E-state index contributed by atoms with van der Waals surface area (Å²) < 4.78 is 26.7. The lowest BCUT2D eigenvalue weighted by Gasteiger charge is -2.34. The Morgan fingerprint density at radius 2 is 1.84 bits per heavy atom. The number of para-hydroxylation sites is 1. The number of carboxylic acids is 1. The lowest BCUT2D eigenvalue weighted by molar-refractivity contribution is -0.137. The predicted octanol–water partition coefficient (Wildman–Crippen LogP) is 5.26. The molecule has 1 saturated heterocycles. The van der Waals surface area contributed by atoms with Gasteiger partial charge in [-0.1, -0.05) is 48.5 Å². The van der Waals surface area contributed by atoms with Crippen molar-refractivity contribution >= 4 is 33.6 Å². The highest BCUT2D eigenvalue weighted by atomic mass is 19.1. The van der Waals surface area contributed by atoms with Crippen molar-refractivity contribution in [3.63, 3.8) is 0 Å². The summed E-state index contributed by atoms with van der Waals surface area (Å²) in [6.45, 7) is 1.34. The van der Waals surface area contributed by atoms with Crippen LogP contribution in [0.4, 0.5) is 10.1 Å². The van der Waals surface area contributed by atoms with Crippen LogP contribution in [0.1, 0.15) is 24.1 Å². The van der Waals surface area contributed by atoms with E-state index in [0.29, 0.717) is 11.1 Å². The smallest absolute Gasteiger partial charge is 0.323 e. The van der Waals surface area contributed by atoms with Crippen molar-refractivity contribution in [2.24, 2.45) is 0 Å². The number of benzene rings is 3. The number of rotatable bonds is 7. The SMILES string of the molecule is CC(Nc1cnc(-c2ccc(C3(F)COC3)cc2)n(CC(=O)O)c1=O)c1ccc2oc3ccccc3c2c1. The Balaban J connectivity index is 1.32. The fourth-order valence-corrected chi connectivity index (χ4v) is 4.80. The summed E-state index contributed by atoms with van der Waals surface area (Å²) in [6.07, 6.45) is 1.41. The van der Waals surface area contributed by atoms with E-state index in [9.17, 15) is 19.1 Å². The third kappa shape index (κ3) is 4.10. The zero-order valence-electron chi connectivity index (χ0n) is 20.5. The number of carboxylic acid groups (broad SMARTS) is 1. The Labute approximate surface area is 216 Å². The highest BCUT2D eigenvalue weighted by molar-refractivity contribution is 6.05. The molecule has 6 rings (SSSR count). The highest BCUT2D eigenvalue weighted by Crippen LogP contribution is 2.35. The van der Waals surface area contributed by atoms with Crippen molar-refractivity contribution in [1.82, 2.24) is 9.55 Å². The van der Waals surface area contributed by atoms with E-state index < -0.39 is 23.7 Å². The first-order valence-electron chi connectivity index (χ1n) is 12.2. The van der Waals surface area contributed by atoms with Gasteiger partial charge in [-0.25, -0.2) is 9.37 Å². The monoisotopic (exact) mass is 513 g/mol. The highest BCUT2D eigenvalue weighted by Gasteiger charge is 2.40. The normalized spacial score (nSPS) is 15.3. The molecule has 0 amide bonds. The average Bonchev–Trinajstić information content (AvgIpc) is 3.27. The van der Waals surface area contributed by atoms with Crippen LogP contribution in [0, 0.1) is 0 Å². The Kier molecular flexibility index (Phi) is 5.72. The molecule has 192 valence electrons. The second-order valence-corrected chi connectivity index (χ2v) is 9.54. The predicted molar refractivity (Wildman–Crippen MR) is 141 cm³/mol. The minimum Gasteiger partial charge on any atom is -0.480 e. The number of halogens is 1. The van der Waals surface area contributed by atoms with Crippen LogP contribution in [0.15, 0.2) is 82.1 Å². The molecule has 0 bridgehead atoms. The van der Waals surface area contributed by atoms with Gasteiger partial charge < -0.3 is 19.6 Å². The van der Waals surface area contributed by atoms with Crippen molar-refractivity contribution in [2.45, 2.75) is 25.2 Å².